The zero-order valence-electron chi connectivity index (χ0n) is 10.7. The SMILES string of the molecule is O=S(=O)(C1=C(Cl)C(O)C(Cl)C12OCCO2)c1ccccc1. The van der Waals surface area contributed by atoms with Gasteiger partial charge in [-0.05, 0) is 12.1 Å². The highest BCUT2D eigenvalue weighted by molar-refractivity contribution is 7.95. The molecule has 0 bridgehead atoms. The number of benzene rings is 1. The lowest BCUT2D eigenvalue weighted by atomic mass is 10.2. The zero-order valence-corrected chi connectivity index (χ0v) is 13.0. The fourth-order valence-electron chi connectivity index (χ4n) is 2.51. The number of rotatable bonds is 2. The second-order valence-corrected chi connectivity index (χ2v) is 7.47. The third-order valence-corrected chi connectivity index (χ3v) is 6.46. The molecule has 1 spiro atoms. The first-order chi connectivity index (χ1) is 9.91. The quantitative estimate of drug-likeness (QED) is 0.820. The van der Waals surface area contributed by atoms with E-state index in [0.29, 0.717) is 0 Å². The number of hydrogen-bond acceptors (Lipinski definition) is 5. The molecule has 8 heteroatoms. The number of aliphatic hydroxyl groups excluding tert-OH is 1. The van der Waals surface area contributed by atoms with Gasteiger partial charge in [-0.3, -0.25) is 0 Å². The average molecular weight is 351 g/mol. The fraction of sp³-hybridized carbons (Fsp3) is 0.385. The maximum Gasteiger partial charge on any atom is 0.227 e. The zero-order chi connectivity index (χ0) is 15.3. The van der Waals surface area contributed by atoms with Crippen molar-refractivity contribution in [1.29, 1.82) is 0 Å². The van der Waals surface area contributed by atoms with Crippen LogP contribution in [0.25, 0.3) is 0 Å². The van der Waals surface area contributed by atoms with Gasteiger partial charge >= 0.3 is 0 Å². The van der Waals surface area contributed by atoms with Crippen LogP contribution in [-0.2, 0) is 19.3 Å². The minimum atomic E-state index is -3.99. The molecule has 3 rings (SSSR count). The lowest BCUT2D eigenvalue weighted by molar-refractivity contribution is -0.124. The number of halogens is 2. The van der Waals surface area contributed by atoms with Crippen molar-refractivity contribution >= 4 is 33.0 Å². The third kappa shape index (κ3) is 2.13. The molecule has 114 valence electrons. The summed E-state index contributed by atoms with van der Waals surface area (Å²) in [5.41, 5.74) is 0. The van der Waals surface area contributed by atoms with Gasteiger partial charge in [0, 0.05) is 0 Å². The Morgan fingerprint density at radius 1 is 1.19 bits per heavy atom. The van der Waals surface area contributed by atoms with E-state index in [9.17, 15) is 13.5 Å². The average Bonchev–Trinajstić information content (AvgIpc) is 3.02. The van der Waals surface area contributed by atoms with E-state index in [2.05, 4.69) is 0 Å². The van der Waals surface area contributed by atoms with Crippen molar-refractivity contribution in [3.63, 3.8) is 0 Å². The van der Waals surface area contributed by atoms with Gasteiger partial charge in [-0.25, -0.2) is 8.42 Å². The van der Waals surface area contributed by atoms with Gasteiger partial charge in [0.25, 0.3) is 0 Å². The molecule has 2 aliphatic rings. The molecule has 1 aliphatic carbocycles. The predicted octanol–water partition coefficient (Wildman–Crippen LogP) is 1.64. The van der Waals surface area contributed by atoms with E-state index in [1.54, 1.807) is 18.2 Å². The normalized spacial score (nSPS) is 28.5. The molecule has 1 aromatic carbocycles. The van der Waals surface area contributed by atoms with Gasteiger partial charge in [-0.2, -0.15) is 0 Å². The molecule has 0 saturated carbocycles. The number of ether oxygens (including phenoxy) is 2. The van der Waals surface area contributed by atoms with Gasteiger partial charge in [0.05, 0.1) is 23.1 Å². The Morgan fingerprint density at radius 2 is 1.76 bits per heavy atom. The van der Waals surface area contributed by atoms with Gasteiger partial charge in [0.15, 0.2) is 0 Å². The van der Waals surface area contributed by atoms with E-state index in [4.69, 9.17) is 32.7 Å². The summed E-state index contributed by atoms with van der Waals surface area (Å²) >= 11 is 12.2. The molecule has 1 heterocycles. The van der Waals surface area contributed by atoms with Crippen LogP contribution in [0.5, 0.6) is 0 Å². The van der Waals surface area contributed by atoms with Crippen molar-refractivity contribution in [3.8, 4) is 0 Å². The largest absolute Gasteiger partial charge is 0.386 e. The summed E-state index contributed by atoms with van der Waals surface area (Å²) in [5.74, 6) is -1.73. The number of hydrogen-bond donors (Lipinski definition) is 1. The van der Waals surface area contributed by atoms with E-state index >= 15 is 0 Å². The highest BCUT2D eigenvalue weighted by Crippen LogP contribution is 2.50. The van der Waals surface area contributed by atoms with E-state index in [0.717, 1.165) is 0 Å². The van der Waals surface area contributed by atoms with Gasteiger partial charge in [-0.1, -0.05) is 29.8 Å². The molecule has 1 aromatic rings. The van der Waals surface area contributed by atoms with Crippen LogP contribution in [0.1, 0.15) is 0 Å². The lowest BCUT2D eigenvalue weighted by Gasteiger charge is -2.28. The summed E-state index contributed by atoms with van der Waals surface area (Å²) in [4.78, 5) is -0.276. The monoisotopic (exact) mass is 350 g/mol. The fourth-order valence-corrected chi connectivity index (χ4v) is 5.31. The van der Waals surface area contributed by atoms with Crippen LogP contribution in [0.2, 0.25) is 0 Å². The Hall–Kier alpha value is -0.630. The maximum absolute atomic E-state index is 12.8. The Bertz CT molecular complexity index is 680. The second-order valence-electron chi connectivity index (χ2n) is 4.70. The standard InChI is InChI=1S/C13H12Cl2O5S/c14-9-10(16)11(15)13(19-6-7-20-13)12(9)21(17,18)8-4-2-1-3-5-8/h1-5,10-11,16H,6-7H2. The first kappa shape index (κ1) is 15.3. The summed E-state index contributed by atoms with van der Waals surface area (Å²) < 4.78 is 36.5. The number of aliphatic hydroxyl groups is 1. The van der Waals surface area contributed by atoms with Crippen LogP contribution < -0.4 is 0 Å². The first-order valence-electron chi connectivity index (χ1n) is 6.21. The van der Waals surface area contributed by atoms with Crippen molar-refractivity contribution < 1.29 is 23.0 Å². The molecule has 1 aliphatic heterocycles. The van der Waals surface area contributed by atoms with E-state index in [1.165, 1.54) is 12.1 Å². The van der Waals surface area contributed by atoms with Crippen molar-refractivity contribution in [1.82, 2.24) is 0 Å². The molecule has 1 N–H and O–H groups in total. The molecule has 2 unspecified atom stereocenters. The van der Waals surface area contributed by atoms with Crippen molar-refractivity contribution in [2.45, 2.75) is 22.2 Å². The topological polar surface area (TPSA) is 72.8 Å². The molecule has 0 radical (unpaired) electrons. The van der Waals surface area contributed by atoms with E-state index < -0.39 is 27.1 Å². The summed E-state index contributed by atoms with van der Waals surface area (Å²) in [6, 6.07) is 7.75. The maximum atomic E-state index is 12.8. The van der Waals surface area contributed by atoms with Crippen LogP contribution in [0.15, 0.2) is 45.2 Å². The summed E-state index contributed by atoms with van der Waals surface area (Å²) in [6.07, 6.45) is -1.36. The number of alkyl halides is 1. The van der Waals surface area contributed by atoms with Gasteiger partial charge in [0.2, 0.25) is 15.6 Å². The van der Waals surface area contributed by atoms with Gasteiger partial charge in [-0.15, -0.1) is 11.6 Å². The molecule has 5 nitrogen and oxygen atoms in total. The molecule has 1 fully saturated rings. The van der Waals surface area contributed by atoms with Crippen molar-refractivity contribution in [2.24, 2.45) is 0 Å². The highest BCUT2D eigenvalue weighted by Gasteiger charge is 2.61. The Labute approximate surface area is 132 Å². The number of sulfone groups is 1. The summed E-state index contributed by atoms with van der Waals surface area (Å²) in [7, 11) is -3.99. The summed E-state index contributed by atoms with van der Waals surface area (Å²) in [6.45, 7) is 0.349. The highest BCUT2D eigenvalue weighted by atomic mass is 35.5. The third-order valence-electron chi connectivity index (χ3n) is 3.47. The van der Waals surface area contributed by atoms with Crippen LogP contribution in [-0.4, -0.2) is 44.0 Å². The molecule has 0 aromatic heterocycles. The van der Waals surface area contributed by atoms with E-state index in [1.807, 2.05) is 0 Å². The molecule has 21 heavy (non-hydrogen) atoms. The minimum Gasteiger partial charge on any atom is -0.386 e. The Kier molecular flexibility index (Phi) is 3.80. The lowest BCUT2D eigenvalue weighted by Crippen LogP contribution is -2.44. The Morgan fingerprint density at radius 3 is 2.33 bits per heavy atom. The Balaban J connectivity index is 2.19. The van der Waals surface area contributed by atoms with Crippen LogP contribution in [0.4, 0.5) is 0 Å². The predicted molar refractivity (Wildman–Crippen MR) is 76.8 cm³/mol. The smallest absolute Gasteiger partial charge is 0.227 e. The molecular formula is C13H12Cl2O5S. The van der Waals surface area contributed by atoms with Crippen LogP contribution in [0, 0.1) is 0 Å². The molecule has 2 atom stereocenters. The van der Waals surface area contributed by atoms with Crippen LogP contribution in [0.3, 0.4) is 0 Å². The van der Waals surface area contributed by atoms with E-state index in [-0.39, 0.29) is 28.0 Å². The molecular weight excluding hydrogens is 339 g/mol. The second kappa shape index (κ2) is 5.22. The minimum absolute atomic E-state index is 0.0367. The molecule has 0 amide bonds. The van der Waals surface area contributed by atoms with Crippen LogP contribution >= 0.6 is 23.2 Å². The van der Waals surface area contributed by atoms with Gasteiger partial charge in [0.1, 0.15) is 16.4 Å². The summed E-state index contributed by atoms with van der Waals surface area (Å²) in [5, 5.41) is 8.64. The van der Waals surface area contributed by atoms with Crippen molar-refractivity contribution in [3.05, 3.63) is 40.3 Å². The first-order valence-corrected chi connectivity index (χ1v) is 8.51. The van der Waals surface area contributed by atoms with Crippen molar-refractivity contribution in [2.75, 3.05) is 13.2 Å². The molecule has 1 saturated heterocycles. The van der Waals surface area contributed by atoms with Gasteiger partial charge < -0.3 is 14.6 Å².